The number of rotatable bonds is 8. The van der Waals surface area contributed by atoms with E-state index in [0.29, 0.717) is 15.6 Å². The number of anilines is 1. The van der Waals surface area contributed by atoms with Gasteiger partial charge >= 0.3 is 0 Å². The Labute approximate surface area is 194 Å². The van der Waals surface area contributed by atoms with Crippen LogP contribution in [0.4, 0.5) is 11.4 Å². The molecule has 2 N–H and O–H groups in total. The van der Waals surface area contributed by atoms with E-state index in [1.807, 2.05) is 24.3 Å². The average Bonchev–Trinajstić information content (AvgIpc) is 3.03. The number of carbonyl (C=O) groups excluding carboxylic acids is 2. The van der Waals surface area contributed by atoms with Crippen LogP contribution in [0.5, 0.6) is 5.75 Å². The molecule has 2 aromatic rings. The highest BCUT2D eigenvalue weighted by Gasteiger charge is 2.31. The van der Waals surface area contributed by atoms with Crippen LogP contribution >= 0.6 is 24.0 Å². The number of nitrogens with one attached hydrogen (secondary N) is 1. The molecule has 0 aromatic heterocycles. The summed E-state index contributed by atoms with van der Waals surface area (Å²) in [5.74, 6) is -0.896. The first-order valence-electron chi connectivity index (χ1n) is 9.90. The van der Waals surface area contributed by atoms with Gasteiger partial charge in [0.15, 0.2) is 0 Å². The lowest BCUT2D eigenvalue weighted by Crippen LogP contribution is -2.29. The highest BCUT2D eigenvalue weighted by molar-refractivity contribution is 8.26. The van der Waals surface area contributed by atoms with Crippen LogP contribution in [-0.4, -0.2) is 37.6 Å². The molecule has 0 bridgehead atoms. The van der Waals surface area contributed by atoms with E-state index in [1.165, 1.54) is 22.2 Å². The molecule has 0 saturated carbocycles. The number of aromatic hydroxyl groups is 1. The number of nitro benzene ring substituents is 1. The van der Waals surface area contributed by atoms with Crippen LogP contribution in [0.15, 0.2) is 47.4 Å². The molecule has 2 aromatic carbocycles. The van der Waals surface area contributed by atoms with Crippen molar-refractivity contribution in [1.29, 1.82) is 0 Å². The topological polar surface area (TPSA) is 113 Å². The molecule has 32 heavy (non-hydrogen) atoms. The number of carbonyl (C=O) groups is 2. The minimum Gasteiger partial charge on any atom is -0.506 e. The minimum atomic E-state index is -0.615. The number of hydrogen-bond donors (Lipinski definition) is 2. The molecule has 10 heteroatoms. The number of phenols is 1. The number of thioether (sulfide) groups is 1. The van der Waals surface area contributed by atoms with Gasteiger partial charge in [0.1, 0.15) is 10.1 Å². The van der Waals surface area contributed by atoms with Gasteiger partial charge in [0.2, 0.25) is 5.91 Å². The molecular formula is C22H21N3O5S2. The first-order valence-corrected chi connectivity index (χ1v) is 11.1. The maximum atomic E-state index is 12.7. The molecule has 1 aliphatic rings. The number of nitro groups is 1. The van der Waals surface area contributed by atoms with E-state index in [9.17, 15) is 24.8 Å². The molecule has 2 amide bonds. The Morgan fingerprint density at radius 3 is 2.66 bits per heavy atom. The Kier molecular flexibility index (Phi) is 7.60. The Morgan fingerprint density at radius 1 is 1.28 bits per heavy atom. The molecular weight excluding hydrogens is 450 g/mol. The molecule has 1 aliphatic heterocycles. The second-order valence-electron chi connectivity index (χ2n) is 7.04. The van der Waals surface area contributed by atoms with Crippen LogP contribution in [0, 0.1) is 10.1 Å². The molecule has 0 spiro atoms. The van der Waals surface area contributed by atoms with E-state index in [4.69, 9.17) is 12.2 Å². The monoisotopic (exact) mass is 471 g/mol. The molecule has 1 saturated heterocycles. The van der Waals surface area contributed by atoms with Crippen molar-refractivity contribution in [2.45, 2.75) is 26.2 Å². The second-order valence-corrected chi connectivity index (χ2v) is 8.71. The van der Waals surface area contributed by atoms with Crippen LogP contribution in [0.1, 0.15) is 30.9 Å². The summed E-state index contributed by atoms with van der Waals surface area (Å²) in [5.41, 5.74) is 1.85. The van der Waals surface area contributed by atoms with Crippen LogP contribution in [0.3, 0.4) is 0 Å². The van der Waals surface area contributed by atoms with Crippen molar-refractivity contribution in [3.63, 3.8) is 0 Å². The summed E-state index contributed by atoms with van der Waals surface area (Å²) in [6, 6.07) is 11.3. The zero-order valence-electron chi connectivity index (χ0n) is 17.2. The van der Waals surface area contributed by atoms with Gasteiger partial charge in [0, 0.05) is 25.1 Å². The zero-order valence-corrected chi connectivity index (χ0v) is 18.9. The average molecular weight is 472 g/mol. The Morgan fingerprint density at radius 2 is 2.00 bits per heavy atom. The molecule has 8 nitrogen and oxygen atoms in total. The van der Waals surface area contributed by atoms with Gasteiger partial charge in [-0.3, -0.25) is 24.6 Å². The van der Waals surface area contributed by atoms with Gasteiger partial charge in [0.25, 0.3) is 11.6 Å². The van der Waals surface area contributed by atoms with Gasteiger partial charge in [-0.2, -0.15) is 0 Å². The van der Waals surface area contributed by atoms with Gasteiger partial charge < -0.3 is 10.4 Å². The van der Waals surface area contributed by atoms with Gasteiger partial charge in [0.05, 0.1) is 15.5 Å². The van der Waals surface area contributed by atoms with E-state index >= 15 is 0 Å². The van der Waals surface area contributed by atoms with Crippen molar-refractivity contribution >= 4 is 57.6 Å². The zero-order chi connectivity index (χ0) is 23.3. The van der Waals surface area contributed by atoms with Gasteiger partial charge in [-0.05, 0) is 36.1 Å². The quantitative estimate of drug-likeness (QED) is 0.192. The van der Waals surface area contributed by atoms with Gasteiger partial charge in [-0.25, -0.2) is 0 Å². The van der Waals surface area contributed by atoms with E-state index in [0.717, 1.165) is 30.2 Å². The molecule has 1 fully saturated rings. The summed E-state index contributed by atoms with van der Waals surface area (Å²) in [4.78, 5) is 37.1. The number of hydrogen-bond acceptors (Lipinski definition) is 7. The van der Waals surface area contributed by atoms with Crippen molar-refractivity contribution < 1.29 is 19.6 Å². The maximum absolute atomic E-state index is 12.7. The lowest BCUT2D eigenvalue weighted by molar-refractivity contribution is -0.384. The molecule has 0 radical (unpaired) electrons. The van der Waals surface area contributed by atoms with E-state index in [-0.39, 0.29) is 36.0 Å². The van der Waals surface area contributed by atoms with Crippen LogP contribution in [-0.2, 0) is 16.0 Å². The Balaban J connectivity index is 1.55. The summed E-state index contributed by atoms with van der Waals surface area (Å²) in [6.45, 7) is 2.35. The van der Waals surface area contributed by atoms with Crippen LogP contribution in [0.25, 0.3) is 6.08 Å². The van der Waals surface area contributed by atoms with Gasteiger partial charge in [-0.15, -0.1) is 0 Å². The molecule has 1 heterocycles. The van der Waals surface area contributed by atoms with Crippen molar-refractivity contribution in [1.82, 2.24) is 4.90 Å². The Hall–Kier alpha value is -3.24. The number of phenolic OH excluding ortho intramolecular Hbond substituents is 1. The third-order valence-electron chi connectivity index (χ3n) is 4.81. The molecule has 0 aliphatic carbocycles. The normalized spacial score (nSPS) is 14.8. The number of non-ortho nitro benzene ring substituents is 1. The first kappa shape index (κ1) is 23.4. The number of thiocarbonyl (C=S) groups is 1. The molecule has 0 atom stereocenters. The third-order valence-corrected chi connectivity index (χ3v) is 6.19. The maximum Gasteiger partial charge on any atom is 0.271 e. The molecule has 0 unspecified atom stereocenters. The van der Waals surface area contributed by atoms with Crippen molar-refractivity contribution in [2.24, 2.45) is 0 Å². The minimum absolute atomic E-state index is 0.0353. The third kappa shape index (κ3) is 5.71. The molecule has 3 rings (SSSR count). The van der Waals surface area contributed by atoms with E-state index in [1.54, 1.807) is 6.08 Å². The van der Waals surface area contributed by atoms with Crippen molar-refractivity contribution in [2.75, 3.05) is 11.9 Å². The summed E-state index contributed by atoms with van der Waals surface area (Å²) in [7, 11) is 0. The number of benzene rings is 2. The standard InChI is InChI=1S/C22H21N3O5S2/c1-2-14-5-7-15(8-6-14)12-19-21(28)24(22(31)32-19)11-3-4-20(27)23-17-13-16(25(29)30)9-10-18(17)26/h5-10,12-13,26H,2-4,11H2,1H3,(H,23,27)/b19-12-. The Bertz CT molecular complexity index is 1100. The van der Waals surface area contributed by atoms with E-state index < -0.39 is 10.8 Å². The molecule has 166 valence electrons. The number of aryl methyl sites for hydroxylation is 1. The fourth-order valence-corrected chi connectivity index (χ4v) is 4.35. The second kappa shape index (κ2) is 10.4. The first-order chi connectivity index (χ1) is 15.3. The summed E-state index contributed by atoms with van der Waals surface area (Å²) < 4.78 is 0.433. The van der Waals surface area contributed by atoms with Gasteiger partial charge in [-0.1, -0.05) is 55.2 Å². The number of amides is 2. The summed E-state index contributed by atoms with van der Waals surface area (Å²) in [5, 5.41) is 23.1. The predicted octanol–water partition coefficient (Wildman–Crippen LogP) is 4.48. The largest absolute Gasteiger partial charge is 0.506 e. The summed E-state index contributed by atoms with van der Waals surface area (Å²) in [6.07, 6.45) is 3.14. The van der Waals surface area contributed by atoms with Crippen LogP contribution < -0.4 is 5.32 Å². The summed E-state index contributed by atoms with van der Waals surface area (Å²) >= 11 is 6.55. The SMILES string of the molecule is CCc1ccc(/C=C2\SC(=S)N(CCCC(=O)Nc3cc([N+](=O)[O-])ccc3O)C2=O)cc1. The predicted molar refractivity (Wildman–Crippen MR) is 128 cm³/mol. The van der Waals surface area contributed by atoms with Crippen molar-refractivity contribution in [3.8, 4) is 5.75 Å². The highest BCUT2D eigenvalue weighted by atomic mass is 32.2. The highest BCUT2D eigenvalue weighted by Crippen LogP contribution is 2.33. The van der Waals surface area contributed by atoms with E-state index in [2.05, 4.69) is 12.2 Å². The number of nitrogens with zero attached hydrogens (tertiary/aromatic N) is 2. The lowest BCUT2D eigenvalue weighted by Gasteiger charge is -2.14. The fourth-order valence-electron chi connectivity index (χ4n) is 3.04. The van der Waals surface area contributed by atoms with Crippen molar-refractivity contribution in [3.05, 3.63) is 68.6 Å². The fraction of sp³-hybridized carbons (Fsp3) is 0.227. The van der Waals surface area contributed by atoms with Crippen LogP contribution in [0.2, 0.25) is 0 Å². The lowest BCUT2D eigenvalue weighted by atomic mass is 10.1. The smallest absolute Gasteiger partial charge is 0.271 e.